The molecule has 0 spiro atoms. The van der Waals surface area contributed by atoms with Crippen molar-refractivity contribution in [1.82, 2.24) is 15.0 Å². The number of hydrogen-bond donors (Lipinski definition) is 0. The standard InChI is InChI=1S/C19H17ClF2N4O/c1-19(27-16-3-2-12(21)10-13(16)22)5-8-26(9-6-19)18-17(20)24-15-11-23-7-4-14(15)25-18/h2-4,7,10-11H,5-6,8-9H2,1H3. The quantitative estimate of drug-likeness (QED) is 0.663. The number of halogens is 3. The van der Waals surface area contributed by atoms with E-state index in [2.05, 4.69) is 15.0 Å². The highest BCUT2D eigenvalue weighted by Crippen LogP contribution is 2.33. The van der Waals surface area contributed by atoms with Crippen LogP contribution < -0.4 is 9.64 Å². The molecule has 0 unspecified atom stereocenters. The first kappa shape index (κ1) is 17.9. The Morgan fingerprint density at radius 2 is 1.89 bits per heavy atom. The summed E-state index contributed by atoms with van der Waals surface area (Å²) in [5.74, 6) is -0.649. The topological polar surface area (TPSA) is 51.1 Å². The van der Waals surface area contributed by atoms with E-state index < -0.39 is 17.2 Å². The molecule has 0 saturated carbocycles. The smallest absolute Gasteiger partial charge is 0.172 e. The van der Waals surface area contributed by atoms with Crippen molar-refractivity contribution in [3.63, 3.8) is 0 Å². The molecule has 0 atom stereocenters. The molecule has 27 heavy (non-hydrogen) atoms. The van der Waals surface area contributed by atoms with Crippen LogP contribution in [0.15, 0.2) is 36.7 Å². The van der Waals surface area contributed by atoms with Crippen LogP contribution in [0.1, 0.15) is 19.8 Å². The van der Waals surface area contributed by atoms with E-state index in [0.29, 0.717) is 42.4 Å². The van der Waals surface area contributed by atoms with Gasteiger partial charge in [-0.15, -0.1) is 0 Å². The Bertz CT molecular complexity index is 993. The van der Waals surface area contributed by atoms with E-state index in [0.717, 1.165) is 11.6 Å². The molecule has 4 rings (SSSR count). The molecule has 5 nitrogen and oxygen atoms in total. The van der Waals surface area contributed by atoms with Gasteiger partial charge < -0.3 is 9.64 Å². The summed E-state index contributed by atoms with van der Waals surface area (Å²) in [6.07, 6.45) is 4.55. The molecule has 2 aromatic heterocycles. The number of ether oxygens (including phenoxy) is 1. The van der Waals surface area contributed by atoms with Crippen molar-refractivity contribution in [1.29, 1.82) is 0 Å². The largest absolute Gasteiger partial charge is 0.484 e. The number of nitrogens with zero attached hydrogens (tertiary/aromatic N) is 4. The summed E-state index contributed by atoms with van der Waals surface area (Å²) in [4.78, 5) is 15.0. The van der Waals surface area contributed by atoms with Crippen molar-refractivity contribution < 1.29 is 13.5 Å². The number of fused-ring (bicyclic) bond motifs is 1. The van der Waals surface area contributed by atoms with Gasteiger partial charge in [0.2, 0.25) is 0 Å². The first-order chi connectivity index (χ1) is 12.9. The minimum absolute atomic E-state index is 0.0587. The zero-order valence-corrected chi connectivity index (χ0v) is 15.4. The Balaban J connectivity index is 1.50. The molecule has 1 aromatic carbocycles. The lowest BCUT2D eigenvalue weighted by atomic mass is 9.93. The van der Waals surface area contributed by atoms with Gasteiger partial charge in [0.25, 0.3) is 0 Å². The van der Waals surface area contributed by atoms with Gasteiger partial charge in [-0.05, 0) is 25.1 Å². The van der Waals surface area contributed by atoms with Crippen LogP contribution in [0.3, 0.4) is 0 Å². The van der Waals surface area contributed by atoms with Crippen molar-refractivity contribution in [3.8, 4) is 5.75 Å². The summed E-state index contributed by atoms with van der Waals surface area (Å²) in [5.41, 5.74) is 0.807. The van der Waals surface area contributed by atoms with Gasteiger partial charge in [-0.2, -0.15) is 0 Å². The predicted molar refractivity (Wildman–Crippen MR) is 99.2 cm³/mol. The highest BCUT2D eigenvalue weighted by atomic mass is 35.5. The lowest BCUT2D eigenvalue weighted by molar-refractivity contribution is 0.0575. The summed E-state index contributed by atoms with van der Waals surface area (Å²) in [7, 11) is 0. The number of benzene rings is 1. The summed E-state index contributed by atoms with van der Waals surface area (Å²) in [6.45, 7) is 3.18. The van der Waals surface area contributed by atoms with E-state index in [1.807, 2.05) is 11.8 Å². The maximum Gasteiger partial charge on any atom is 0.172 e. The van der Waals surface area contributed by atoms with Crippen LogP contribution in [0.5, 0.6) is 5.75 Å². The highest BCUT2D eigenvalue weighted by molar-refractivity contribution is 6.32. The molecule has 1 fully saturated rings. The second kappa shape index (κ2) is 6.88. The van der Waals surface area contributed by atoms with Gasteiger partial charge in [-0.25, -0.2) is 18.7 Å². The third-order valence-corrected chi connectivity index (χ3v) is 5.03. The fourth-order valence-corrected chi connectivity index (χ4v) is 3.45. The van der Waals surface area contributed by atoms with Crippen molar-refractivity contribution in [2.75, 3.05) is 18.0 Å². The third-order valence-electron chi connectivity index (χ3n) is 4.78. The zero-order chi connectivity index (χ0) is 19.0. The Morgan fingerprint density at radius 1 is 1.11 bits per heavy atom. The molecule has 1 aliphatic rings. The normalized spacial score (nSPS) is 16.5. The van der Waals surface area contributed by atoms with E-state index >= 15 is 0 Å². The van der Waals surface area contributed by atoms with Crippen molar-refractivity contribution in [3.05, 3.63) is 53.4 Å². The lowest BCUT2D eigenvalue weighted by Crippen LogP contribution is -2.46. The molecule has 1 aliphatic heterocycles. The molecule has 3 aromatic rings. The molecular weight excluding hydrogens is 374 g/mol. The number of anilines is 1. The molecule has 140 valence electrons. The predicted octanol–water partition coefficient (Wildman–Crippen LogP) is 4.39. The zero-order valence-electron chi connectivity index (χ0n) is 14.6. The molecule has 0 N–H and O–H groups in total. The SMILES string of the molecule is CC1(Oc2ccc(F)cc2F)CCN(c2nc3ccncc3nc2Cl)CC1. The Morgan fingerprint density at radius 3 is 2.63 bits per heavy atom. The number of aromatic nitrogens is 3. The molecule has 0 aliphatic carbocycles. The number of pyridine rings is 1. The maximum absolute atomic E-state index is 13.9. The maximum atomic E-state index is 13.9. The first-order valence-electron chi connectivity index (χ1n) is 8.60. The van der Waals surface area contributed by atoms with Crippen LogP contribution in [0.2, 0.25) is 5.15 Å². The van der Waals surface area contributed by atoms with Crippen LogP contribution >= 0.6 is 11.6 Å². The van der Waals surface area contributed by atoms with Gasteiger partial charge in [0.1, 0.15) is 16.9 Å². The number of hydrogen-bond acceptors (Lipinski definition) is 5. The third kappa shape index (κ3) is 3.64. The molecule has 0 amide bonds. The number of piperidine rings is 1. The highest BCUT2D eigenvalue weighted by Gasteiger charge is 2.34. The van der Waals surface area contributed by atoms with Crippen molar-refractivity contribution in [2.24, 2.45) is 0 Å². The minimum Gasteiger partial charge on any atom is -0.484 e. The van der Waals surface area contributed by atoms with Gasteiger partial charge >= 0.3 is 0 Å². The lowest BCUT2D eigenvalue weighted by Gasteiger charge is -2.40. The molecule has 8 heteroatoms. The van der Waals surface area contributed by atoms with Crippen LogP contribution in [0.25, 0.3) is 11.0 Å². The summed E-state index contributed by atoms with van der Waals surface area (Å²) in [5, 5.41) is 0.324. The average molecular weight is 391 g/mol. The van der Waals surface area contributed by atoms with Crippen LogP contribution in [0, 0.1) is 11.6 Å². The van der Waals surface area contributed by atoms with E-state index in [4.69, 9.17) is 16.3 Å². The van der Waals surface area contributed by atoms with Gasteiger partial charge in [-0.3, -0.25) is 4.98 Å². The fourth-order valence-electron chi connectivity index (χ4n) is 3.19. The van der Waals surface area contributed by atoms with Gasteiger partial charge in [0.15, 0.2) is 22.5 Å². The molecule has 1 saturated heterocycles. The first-order valence-corrected chi connectivity index (χ1v) is 8.98. The summed E-state index contributed by atoms with van der Waals surface area (Å²) >= 11 is 6.31. The average Bonchev–Trinajstić information content (AvgIpc) is 2.64. The van der Waals surface area contributed by atoms with Gasteiger partial charge in [0.05, 0.1) is 11.7 Å². The van der Waals surface area contributed by atoms with Crippen molar-refractivity contribution in [2.45, 2.75) is 25.4 Å². The second-order valence-corrected chi connectivity index (χ2v) is 7.17. The summed E-state index contributed by atoms with van der Waals surface area (Å²) < 4.78 is 32.8. The Labute approximate surface area is 160 Å². The molecular formula is C19H17ClF2N4O. The van der Waals surface area contributed by atoms with Crippen LogP contribution in [-0.4, -0.2) is 33.6 Å². The molecule has 3 heterocycles. The second-order valence-electron chi connectivity index (χ2n) is 6.82. The van der Waals surface area contributed by atoms with E-state index in [1.165, 1.54) is 12.1 Å². The van der Waals surface area contributed by atoms with Crippen LogP contribution in [-0.2, 0) is 0 Å². The van der Waals surface area contributed by atoms with Crippen LogP contribution in [0.4, 0.5) is 14.6 Å². The van der Waals surface area contributed by atoms with E-state index in [9.17, 15) is 8.78 Å². The van der Waals surface area contributed by atoms with Crippen molar-refractivity contribution >= 4 is 28.5 Å². The van der Waals surface area contributed by atoms with Gasteiger partial charge in [-0.1, -0.05) is 11.6 Å². The van der Waals surface area contributed by atoms with E-state index in [-0.39, 0.29) is 5.75 Å². The summed E-state index contributed by atoms with van der Waals surface area (Å²) in [6, 6.07) is 5.13. The van der Waals surface area contributed by atoms with E-state index in [1.54, 1.807) is 18.5 Å². The monoisotopic (exact) mass is 390 g/mol. The Kier molecular flexibility index (Phi) is 4.55. The fraction of sp³-hybridized carbons (Fsp3) is 0.316. The molecule has 0 bridgehead atoms. The van der Waals surface area contributed by atoms with Gasteiger partial charge in [0, 0.05) is 38.2 Å². The number of rotatable bonds is 3. The Hall–Kier alpha value is -2.54. The molecule has 0 radical (unpaired) electrons. The minimum atomic E-state index is -0.698.